The van der Waals surface area contributed by atoms with E-state index < -0.39 is 0 Å². The van der Waals surface area contributed by atoms with Crippen LogP contribution < -0.4 is 5.32 Å². The van der Waals surface area contributed by atoms with E-state index in [0.29, 0.717) is 6.54 Å². The molecule has 1 aliphatic heterocycles. The Labute approximate surface area is 108 Å². The summed E-state index contributed by atoms with van der Waals surface area (Å²) in [5, 5.41) is 3.12. The lowest BCUT2D eigenvalue weighted by Crippen LogP contribution is -2.44. The Morgan fingerprint density at radius 2 is 2.39 bits per heavy atom. The van der Waals surface area contributed by atoms with Crippen LogP contribution in [0.4, 0.5) is 0 Å². The maximum atomic E-state index is 12.4. The second-order valence-corrected chi connectivity index (χ2v) is 5.77. The summed E-state index contributed by atoms with van der Waals surface area (Å²) < 4.78 is 0. The van der Waals surface area contributed by atoms with Gasteiger partial charge in [-0.2, -0.15) is 0 Å². The molecule has 0 aliphatic carbocycles. The van der Waals surface area contributed by atoms with E-state index in [1.54, 1.807) is 12.4 Å². The van der Waals surface area contributed by atoms with E-state index in [0.717, 1.165) is 25.2 Å². The topological polar surface area (TPSA) is 61.0 Å². The van der Waals surface area contributed by atoms with Crippen molar-refractivity contribution in [3.63, 3.8) is 0 Å². The summed E-state index contributed by atoms with van der Waals surface area (Å²) in [6, 6.07) is -0.0678. The van der Waals surface area contributed by atoms with E-state index in [4.69, 9.17) is 0 Å². The van der Waals surface area contributed by atoms with Gasteiger partial charge in [-0.15, -0.1) is 0 Å². The van der Waals surface area contributed by atoms with Gasteiger partial charge in [0.1, 0.15) is 5.82 Å². The van der Waals surface area contributed by atoms with Crippen molar-refractivity contribution in [2.75, 3.05) is 13.6 Å². The monoisotopic (exact) mass is 250 g/mol. The third-order valence-corrected chi connectivity index (χ3v) is 3.58. The Balaban J connectivity index is 2.15. The highest BCUT2D eigenvalue weighted by molar-refractivity contribution is 5.82. The third kappa shape index (κ3) is 2.90. The van der Waals surface area contributed by atoms with E-state index in [-0.39, 0.29) is 17.4 Å². The molecule has 100 valence electrons. The molecule has 1 aromatic rings. The summed E-state index contributed by atoms with van der Waals surface area (Å²) in [5.74, 6) is 1.02. The second-order valence-electron chi connectivity index (χ2n) is 5.77. The van der Waals surface area contributed by atoms with Crippen LogP contribution in [-0.4, -0.2) is 40.4 Å². The van der Waals surface area contributed by atoms with Gasteiger partial charge in [0.05, 0.1) is 12.6 Å². The van der Waals surface area contributed by atoms with Crippen LogP contribution in [0.1, 0.15) is 32.5 Å². The molecular formula is C13H22N4O. The lowest BCUT2D eigenvalue weighted by molar-refractivity contribution is -0.134. The molecule has 2 rings (SSSR count). The second kappa shape index (κ2) is 5.10. The number of nitrogens with zero attached hydrogens (tertiary/aromatic N) is 2. The number of aromatic amines is 1. The fourth-order valence-electron chi connectivity index (χ4n) is 2.52. The molecule has 2 N–H and O–H groups in total. The van der Waals surface area contributed by atoms with Gasteiger partial charge < -0.3 is 15.2 Å². The maximum absolute atomic E-state index is 12.4. The molecule has 1 unspecified atom stereocenters. The van der Waals surface area contributed by atoms with Crippen molar-refractivity contribution >= 4 is 5.91 Å². The largest absolute Gasteiger partial charge is 0.347 e. The molecule has 1 aliphatic rings. The fourth-order valence-corrected chi connectivity index (χ4v) is 2.52. The van der Waals surface area contributed by atoms with Crippen LogP contribution in [0.25, 0.3) is 0 Å². The van der Waals surface area contributed by atoms with Crippen LogP contribution in [0.5, 0.6) is 0 Å². The molecule has 0 radical (unpaired) electrons. The average Bonchev–Trinajstić information content (AvgIpc) is 2.77. The minimum Gasteiger partial charge on any atom is -0.347 e. The molecule has 1 fully saturated rings. The molecule has 0 spiro atoms. The molecule has 0 bridgehead atoms. The number of likely N-dealkylation sites (tertiary alicyclic amines) is 1. The van der Waals surface area contributed by atoms with Gasteiger partial charge in [-0.3, -0.25) is 4.79 Å². The molecule has 1 amide bonds. The predicted molar refractivity (Wildman–Crippen MR) is 69.9 cm³/mol. The highest BCUT2D eigenvalue weighted by Gasteiger charge is 2.34. The van der Waals surface area contributed by atoms with E-state index >= 15 is 0 Å². The highest BCUT2D eigenvalue weighted by Crippen LogP contribution is 2.29. The Morgan fingerprint density at radius 1 is 1.61 bits per heavy atom. The van der Waals surface area contributed by atoms with Gasteiger partial charge in [-0.05, 0) is 25.3 Å². The minimum absolute atomic E-state index is 0.0678. The zero-order valence-corrected chi connectivity index (χ0v) is 11.4. The average molecular weight is 250 g/mol. The summed E-state index contributed by atoms with van der Waals surface area (Å²) in [6.07, 6.45) is 5.46. The van der Waals surface area contributed by atoms with Gasteiger partial charge in [0.15, 0.2) is 0 Å². The van der Waals surface area contributed by atoms with Gasteiger partial charge in [0.2, 0.25) is 5.91 Å². The first-order chi connectivity index (χ1) is 8.52. The van der Waals surface area contributed by atoms with E-state index in [1.807, 2.05) is 11.9 Å². The maximum Gasteiger partial charge on any atom is 0.240 e. The first kappa shape index (κ1) is 13.1. The van der Waals surface area contributed by atoms with Gasteiger partial charge in [0.25, 0.3) is 0 Å². The summed E-state index contributed by atoms with van der Waals surface area (Å²) in [7, 11) is 1.85. The molecule has 1 saturated heterocycles. The predicted octanol–water partition coefficient (Wildman–Crippen LogP) is 1.15. The smallest absolute Gasteiger partial charge is 0.240 e. The van der Waals surface area contributed by atoms with Crippen molar-refractivity contribution in [3.05, 3.63) is 18.2 Å². The number of H-pyrrole nitrogens is 1. The number of hydrogen-bond donors (Lipinski definition) is 2. The summed E-state index contributed by atoms with van der Waals surface area (Å²) in [5.41, 5.74) is 0.161. The molecule has 1 atom stereocenters. The summed E-state index contributed by atoms with van der Waals surface area (Å²) in [6.45, 7) is 5.78. The molecule has 5 heteroatoms. The summed E-state index contributed by atoms with van der Waals surface area (Å²) in [4.78, 5) is 21.6. The number of nitrogens with one attached hydrogen (secondary N) is 2. The van der Waals surface area contributed by atoms with Gasteiger partial charge >= 0.3 is 0 Å². The van der Waals surface area contributed by atoms with Crippen molar-refractivity contribution in [1.29, 1.82) is 0 Å². The van der Waals surface area contributed by atoms with Gasteiger partial charge in [0, 0.05) is 18.9 Å². The number of hydrogen-bond acceptors (Lipinski definition) is 3. The molecule has 1 aromatic heterocycles. The van der Waals surface area contributed by atoms with Crippen molar-refractivity contribution in [3.8, 4) is 0 Å². The zero-order chi connectivity index (χ0) is 13.2. The molecule has 0 aromatic carbocycles. The normalized spacial score (nSPS) is 24.1. The van der Waals surface area contributed by atoms with E-state index in [2.05, 4.69) is 29.1 Å². The van der Waals surface area contributed by atoms with Crippen molar-refractivity contribution in [2.24, 2.45) is 5.41 Å². The quantitative estimate of drug-likeness (QED) is 0.846. The first-order valence-electron chi connectivity index (χ1n) is 6.46. The highest BCUT2D eigenvalue weighted by atomic mass is 16.2. The van der Waals surface area contributed by atoms with Crippen LogP contribution in [0.2, 0.25) is 0 Å². The van der Waals surface area contributed by atoms with Crippen molar-refractivity contribution < 1.29 is 4.79 Å². The fraction of sp³-hybridized carbons (Fsp3) is 0.692. The van der Waals surface area contributed by atoms with E-state index in [9.17, 15) is 4.79 Å². The van der Waals surface area contributed by atoms with Crippen molar-refractivity contribution in [1.82, 2.24) is 20.2 Å². The Morgan fingerprint density at radius 3 is 3.00 bits per heavy atom. The summed E-state index contributed by atoms with van der Waals surface area (Å²) >= 11 is 0. The number of amides is 1. The molecule has 5 nitrogen and oxygen atoms in total. The zero-order valence-electron chi connectivity index (χ0n) is 11.4. The standard InChI is InChI=1S/C13H22N4O/c1-13(2)5-4-10(14-3)12(18)17(9-13)8-11-15-6-7-16-11/h6-7,10,14H,4-5,8-9H2,1-3H3,(H,15,16). The Hall–Kier alpha value is -1.36. The lowest BCUT2D eigenvalue weighted by atomic mass is 9.87. The van der Waals surface area contributed by atoms with Gasteiger partial charge in [-0.1, -0.05) is 13.8 Å². The van der Waals surface area contributed by atoms with Crippen LogP contribution in [0.3, 0.4) is 0 Å². The number of likely N-dealkylation sites (N-methyl/N-ethyl adjacent to an activating group) is 1. The van der Waals surface area contributed by atoms with Gasteiger partial charge in [-0.25, -0.2) is 4.98 Å². The number of carbonyl (C=O) groups excluding carboxylic acids is 1. The molecule has 0 saturated carbocycles. The first-order valence-corrected chi connectivity index (χ1v) is 6.46. The Kier molecular flexibility index (Phi) is 3.71. The lowest BCUT2D eigenvalue weighted by Gasteiger charge is -2.29. The SMILES string of the molecule is CNC1CCC(C)(C)CN(Cc2ncc[nH]2)C1=O. The number of rotatable bonds is 3. The van der Waals surface area contributed by atoms with Crippen molar-refractivity contribution in [2.45, 2.75) is 39.3 Å². The number of imidazole rings is 1. The van der Waals surface area contributed by atoms with Crippen LogP contribution in [-0.2, 0) is 11.3 Å². The Bertz CT molecular complexity index is 399. The van der Waals surface area contributed by atoms with E-state index in [1.165, 1.54) is 0 Å². The number of aromatic nitrogens is 2. The minimum atomic E-state index is -0.0678. The molecule has 2 heterocycles. The molecular weight excluding hydrogens is 228 g/mol. The van der Waals surface area contributed by atoms with Crippen LogP contribution >= 0.6 is 0 Å². The van der Waals surface area contributed by atoms with Crippen LogP contribution in [0, 0.1) is 5.41 Å². The van der Waals surface area contributed by atoms with Crippen LogP contribution in [0.15, 0.2) is 12.4 Å². The number of carbonyl (C=O) groups is 1. The molecule has 18 heavy (non-hydrogen) atoms. The third-order valence-electron chi connectivity index (χ3n) is 3.58.